The molecule has 0 fully saturated rings. The summed E-state index contributed by atoms with van der Waals surface area (Å²) in [6.07, 6.45) is 7.54. The summed E-state index contributed by atoms with van der Waals surface area (Å²) in [5.74, 6) is -9.90. The van der Waals surface area contributed by atoms with E-state index in [1.54, 1.807) is 12.1 Å². The maximum absolute atomic E-state index is 13.7. The Morgan fingerprint density at radius 3 is 1.93 bits per heavy atom. The number of hydrogen-bond acceptors (Lipinski definition) is 1. The van der Waals surface area contributed by atoms with Gasteiger partial charge in [0.25, 0.3) is 0 Å². The van der Waals surface area contributed by atoms with Crippen LogP contribution in [0.4, 0.5) is 22.0 Å². The van der Waals surface area contributed by atoms with E-state index in [1.807, 2.05) is 12.1 Å². The van der Waals surface area contributed by atoms with Crippen LogP contribution in [0.25, 0.3) is 6.08 Å². The molecule has 0 bridgehead atoms. The lowest BCUT2D eigenvalue weighted by atomic mass is 10.0. The molecule has 27 heavy (non-hydrogen) atoms. The summed E-state index contributed by atoms with van der Waals surface area (Å²) >= 11 is 5.17. The largest absolute Gasteiger partial charge is 0.203 e. The van der Waals surface area contributed by atoms with Crippen molar-refractivity contribution in [3.05, 3.63) is 76.1 Å². The predicted molar refractivity (Wildman–Crippen MR) is 101 cm³/mol. The van der Waals surface area contributed by atoms with Crippen molar-refractivity contribution >= 4 is 23.2 Å². The standard InChI is InChI=1S/C21H19F5S/c1-2-3-4-5-6-13-7-9-14(10-8-13)16(27)12-11-15-17(22)19(24)21(26)20(25)18(15)23/h7-12H,2-6H2,1H3. The number of halogens is 5. The molecule has 0 N–H and O–H groups in total. The van der Waals surface area contributed by atoms with Crippen molar-refractivity contribution in [1.82, 2.24) is 0 Å². The molecule has 0 unspecified atom stereocenters. The lowest BCUT2D eigenvalue weighted by molar-refractivity contribution is 0.377. The highest BCUT2D eigenvalue weighted by atomic mass is 32.1. The van der Waals surface area contributed by atoms with Crippen molar-refractivity contribution in [2.24, 2.45) is 0 Å². The van der Waals surface area contributed by atoms with E-state index in [2.05, 4.69) is 6.92 Å². The van der Waals surface area contributed by atoms with Crippen molar-refractivity contribution < 1.29 is 22.0 Å². The Morgan fingerprint density at radius 1 is 0.815 bits per heavy atom. The summed E-state index contributed by atoms with van der Waals surface area (Å²) in [5.41, 5.74) is 0.769. The molecular formula is C21H19F5S. The number of benzene rings is 2. The number of allylic oxidation sites excluding steroid dienone is 1. The highest BCUT2D eigenvalue weighted by Gasteiger charge is 2.24. The molecule has 0 aromatic heterocycles. The lowest BCUT2D eigenvalue weighted by Crippen LogP contribution is -2.04. The first-order chi connectivity index (χ1) is 12.9. The van der Waals surface area contributed by atoms with Crippen molar-refractivity contribution in [3.63, 3.8) is 0 Å². The summed E-state index contributed by atoms with van der Waals surface area (Å²) in [5, 5.41) is 0. The van der Waals surface area contributed by atoms with Crippen molar-refractivity contribution in [2.75, 3.05) is 0 Å². The number of rotatable bonds is 8. The summed E-state index contributed by atoms with van der Waals surface area (Å²) in [6, 6.07) is 7.39. The second kappa shape index (κ2) is 9.74. The van der Waals surface area contributed by atoms with E-state index < -0.39 is 34.6 Å². The number of unbranched alkanes of at least 4 members (excludes halogenated alkanes) is 3. The maximum Gasteiger partial charge on any atom is 0.200 e. The smallest absolute Gasteiger partial charge is 0.200 e. The molecule has 0 nitrogen and oxygen atoms in total. The van der Waals surface area contributed by atoms with Crippen LogP contribution >= 0.6 is 12.2 Å². The van der Waals surface area contributed by atoms with Gasteiger partial charge in [-0.2, -0.15) is 0 Å². The van der Waals surface area contributed by atoms with Gasteiger partial charge in [0, 0.05) is 4.86 Å². The van der Waals surface area contributed by atoms with Crippen molar-refractivity contribution in [1.29, 1.82) is 0 Å². The second-order valence-electron chi connectivity index (χ2n) is 6.19. The van der Waals surface area contributed by atoms with Crippen molar-refractivity contribution in [3.8, 4) is 0 Å². The Hall–Kier alpha value is -2.08. The molecule has 0 aliphatic heterocycles. The van der Waals surface area contributed by atoms with Gasteiger partial charge in [-0.25, -0.2) is 22.0 Å². The fourth-order valence-corrected chi connectivity index (χ4v) is 2.82. The fourth-order valence-electron chi connectivity index (χ4n) is 2.62. The molecule has 0 heterocycles. The summed E-state index contributed by atoms with van der Waals surface area (Å²) in [7, 11) is 0. The minimum absolute atomic E-state index is 0.233. The Morgan fingerprint density at radius 2 is 1.37 bits per heavy atom. The Balaban J connectivity index is 2.11. The Kier molecular flexibility index (Phi) is 7.66. The third kappa shape index (κ3) is 5.22. The molecule has 2 aromatic carbocycles. The van der Waals surface area contributed by atoms with Gasteiger partial charge in [-0.15, -0.1) is 0 Å². The maximum atomic E-state index is 13.7. The van der Waals surface area contributed by atoms with Crippen LogP contribution in [0.15, 0.2) is 30.3 Å². The fraction of sp³-hybridized carbons (Fsp3) is 0.286. The van der Waals surface area contributed by atoms with Crippen LogP contribution in [0.5, 0.6) is 0 Å². The van der Waals surface area contributed by atoms with Gasteiger partial charge in [-0.05, 0) is 36.1 Å². The third-order valence-electron chi connectivity index (χ3n) is 4.20. The average molecular weight is 398 g/mol. The van der Waals surface area contributed by atoms with Gasteiger partial charge in [0.15, 0.2) is 23.3 Å². The van der Waals surface area contributed by atoms with Crippen LogP contribution in [-0.4, -0.2) is 4.86 Å². The van der Waals surface area contributed by atoms with E-state index in [-0.39, 0.29) is 4.86 Å². The average Bonchev–Trinajstić information content (AvgIpc) is 2.68. The molecular weight excluding hydrogens is 379 g/mol. The summed E-state index contributed by atoms with van der Waals surface area (Å²) in [4.78, 5) is 0.233. The molecule has 0 saturated carbocycles. The van der Waals surface area contributed by atoms with E-state index >= 15 is 0 Å². The van der Waals surface area contributed by atoms with Gasteiger partial charge in [0.1, 0.15) is 0 Å². The quantitative estimate of drug-likeness (QED) is 0.0883. The van der Waals surface area contributed by atoms with Gasteiger partial charge < -0.3 is 0 Å². The van der Waals surface area contributed by atoms with Crippen LogP contribution < -0.4 is 0 Å². The highest BCUT2D eigenvalue weighted by molar-refractivity contribution is 7.81. The second-order valence-corrected chi connectivity index (χ2v) is 6.63. The highest BCUT2D eigenvalue weighted by Crippen LogP contribution is 2.24. The molecule has 0 radical (unpaired) electrons. The zero-order valence-electron chi connectivity index (χ0n) is 14.8. The molecule has 0 spiro atoms. The van der Waals surface area contributed by atoms with Gasteiger partial charge >= 0.3 is 0 Å². The van der Waals surface area contributed by atoms with E-state index in [4.69, 9.17) is 12.2 Å². The normalized spacial score (nSPS) is 11.3. The molecule has 144 valence electrons. The molecule has 0 aliphatic rings. The summed E-state index contributed by atoms with van der Waals surface area (Å²) in [6.45, 7) is 2.15. The van der Waals surface area contributed by atoms with Crippen LogP contribution in [0.2, 0.25) is 0 Å². The SMILES string of the molecule is CCCCCCc1ccc(C(=S)C=Cc2c(F)c(F)c(F)c(F)c2F)cc1. The first-order valence-electron chi connectivity index (χ1n) is 8.69. The van der Waals surface area contributed by atoms with E-state index in [1.165, 1.54) is 19.3 Å². The minimum atomic E-state index is -2.18. The molecule has 0 aliphatic carbocycles. The van der Waals surface area contributed by atoms with Gasteiger partial charge in [0.05, 0.1) is 5.56 Å². The van der Waals surface area contributed by atoms with Gasteiger partial charge in [-0.3, -0.25) is 0 Å². The van der Waals surface area contributed by atoms with E-state index in [0.717, 1.165) is 30.6 Å². The topological polar surface area (TPSA) is 0 Å². The Bertz CT molecular complexity index is 812. The molecule has 2 aromatic rings. The number of hydrogen-bond donors (Lipinski definition) is 0. The molecule has 6 heteroatoms. The van der Waals surface area contributed by atoms with Gasteiger partial charge in [-0.1, -0.05) is 62.7 Å². The molecule has 0 amide bonds. The minimum Gasteiger partial charge on any atom is -0.203 e. The first kappa shape index (κ1) is 21.2. The monoisotopic (exact) mass is 398 g/mol. The molecule has 0 atom stereocenters. The summed E-state index contributed by atoms with van der Waals surface area (Å²) < 4.78 is 66.8. The Labute approximate surface area is 160 Å². The first-order valence-corrected chi connectivity index (χ1v) is 9.10. The van der Waals surface area contributed by atoms with Gasteiger partial charge in [0.2, 0.25) is 5.82 Å². The van der Waals surface area contributed by atoms with Crippen LogP contribution in [0, 0.1) is 29.1 Å². The lowest BCUT2D eigenvalue weighted by Gasteiger charge is -2.05. The predicted octanol–water partition coefficient (Wildman–Crippen LogP) is 6.94. The third-order valence-corrected chi connectivity index (χ3v) is 4.57. The van der Waals surface area contributed by atoms with E-state index in [9.17, 15) is 22.0 Å². The number of aryl methyl sites for hydroxylation is 1. The van der Waals surface area contributed by atoms with Crippen LogP contribution in [0.1, 0.15) is 49.3 Å². The van der Waals surface area contributed by atoms with Crippen LogP contribution in [-0.2, 0) is 6.42 Å². The number of thiocarbonyl (C=S) groups is 1. The van der Waals surface area contributed by atoms with E-state index in [0.29, 0.717) is 5.56 Å². The van der Waals surface area contributed by atoms with Crippen LogP contribution in [0.3, 0.4) is 0 Å². The van der Waals surface area contributed by atoms with Crippen molar-refractivity contribution in [2.45, 2.75) is 39.0 Å². The zero-order valence-corrected chi connectivity index (χ0v) is 15.6. The zero-order chi connectivity index (χ0) is 20.0. The molecule has 0 saturated heterocycles. The molecule has 2 rings (SSSR count).